The topological polar surface area (TPSA) is 53.1 Å². The van der Waals surface area contributed by atoms with Gasteiger partial charge in [0.1, 0.15) is 6.73 Å². The molecule has 2 N–H and O–H groups in total. The van der Waals surface area contributed by atoms with E-state index in [0.29, 0.717) is 6.73 Å². The smallest absolute Gasteiger partial charge is 0.140 e. The first-order valence-corrected chi connectivity index (χ1v) is 11.7. The first-order valence-electron chi connectivity index (χ1n) is 7.95. The van der Waals surface area contributed by atoms with Crippen LogP contribution < -0.4 is 5.73 Å². The molecular weight excluding hydrogens is 302 g/mol. The van der Waals surface area contributed by atoms with Crippen LogP contribution in [0.1, 0.15) is 11.4 Å². The SMILES string of the molecule is C=Cc1c(-c2ccc(N)cc2)c(C)nn1COCC[Si](C)(C)C. The second-order valence-corrected chi connectivity index (χ2v) is 12.6. The molecule has 0 aliphatic heterocycles. The minimum absolute atomic E-state index is 0.460. The lowest BCUT2D eigenvalue weighted by Crippen LogP contribution is -2.22. The van der Waals surface area contributed by atoms with Gasteiger partial charge in [-0.15, -0.1) is 0 Å². The van der Waals surface area contributed by atoms with Gasteiger partial charge in [-0.05, 0) is 36.7 Å². The number of rotatable bonds is 7. The van der Waals surface area contributed by atoms with E-state index in [2.05, 4.69) is 31.3 Å². The lowest BCUT2D eigenvalue weighted by Gasteiger charge is -2.15. The third kappa shape index (κ3) is 4.56. The van der Waals surface area contributed by atoms with Crippen LogP contribution in [-0.4, -0.2) is 24.5 Å². The second kappa shape index (κ2) is 7.15. The standard InChI is InChI=1S/C18H27N3OSi/c1-6-17-18(15-7-9-16(19)10-8-15)14(2)20-21(17)13-22-11-12-23(3,4)5/h6-10H,1,11-13,19H2,2-5H3. The molecule has 0 amide bonds. The molecule has 0 atom stereocenters. The summed E-state index contributed by atoms with van der Waals surface area (Å²) in [4.78, 5) is 0. The number of anilines is 1. The van der Waals surface area contributed by atoms with Crippen LogP contribution in [0.3, 0.4) is 0 Å². The van der Waals surface area contributed by atoms with Gasteiger partial charge in [-0.3, -0.25) is 0 Å². The lowest BCUT2D eigenvalue weighted by atomic mass is 10.0. The number of aryl methyl sites for hydroxylation is 1. The molecule has 5 heteroatoms. The number of hydrogen-bond acceptors (Lipinski definition) is 3. The number of nitrogens with zero attached hydrogens (tertiary/aromatic N) is 2. The molecule has 0 spiro atoms. The van der Waals surface area contributed by atoms with Crippen LogP contribution in [0, 0.1) is 6.92 Å². The van der Waals surface area contributed by atoms with Crippen LogP contribution in [0.15, 0.2) is 30.8 Å². The van der Waals surface area contributed by atoms with Gasteiger partial charge in [0.05, 0.1) is 11.4 Å². The van der Waals surface area contributed by atoms with Crippen LogP contribution in [0.2, 0.25) is 25.7 Å². The Bertz CT molecular complexity index is 669. The third-order valence-electron chi connectivity index (χ3n) is 3.77. The summed E-state index contributed by atoms with van der Waals surface area (Å²) in [5, 5.41) is 4.61. The van der Waals surface area contributed by atoms with Gasteiger partial charge in [-0.25, -0.2) is 4.68 Å². The highest BCUT2D eigenvalue weighted by Gasteiger charge is 2.16. The van der Waals surface area contributed by atoms with Crippen molar-refractivity contribution in [3.8, 4) is 11.1 Å². The van der Waals surface area contributed by atoms with Gasteiger partial charge >= 0.3 is 0 Å². The molecule has 2 rings (SSSR count). The van der Waals surface area contributed by atoms with E-state index >= 15 is 0 Å². The van der Waals surface area contributed by atoms with Crippen LogP contribution in [0.4, 0.5) is 5.69 Å². The van der Waals surface area contributed by atoms with Crippen molar-refractivity contribution in [1.82, 2.24) is 9.78 Å². The fourth-order valence-corrected chi connectivity index (χ4v) is 3.20. The first kappa shape index (κ1) is 17.5. The average molecular weight is 330 g/mol. The van der Waals surface area contributed by atoms with E-state index < -0.39 is 8.07 Å². The van der Waals surface area contributed by atoms with Crippen molar-refractivity contribution in [3.05, 3.63) is 42.2 Å². The highest BCUT2D eigenvalue weighted by Crippen LogP contribution is 2.29. The summed E-state index contributed by atoms with van der Waals surface area (Å²) in [5.41, 5.74) is 10.7. The van der Waals surface area contributed by atoms with Crippen molar-refractivity contribution >= 4 is 19.8 Å². The maximum atomic E-state index is 5.83. The Morgan fingerprint density at radius 2 is 1.91 bits per heavy atom. The molecule has 0 fully saturated rings. The van der Waals surface area contributed by atoms with Gasteiger partial charge < -0.3 is 10.5 Å². The Balaban J connectivity index is 2.18. The number of nitrogens with two attached hydrogens (primary N) is 1. The molecule has 2 aromatic rings. The Kier molecular flexibility index (Phi) is 5.44. The van der Waals surface area contributed by atoms with E-state index in [1.165, 1.54) is 0 Å². The normalized spacial score (nSPS) is 11.7. The molecule has 23 heavy (non-hydrogen) atoms. The largest absolute Gasteiger partial charge is 0.399 e. The van der Waals surface area contributed by atoms with Crippen molar-refractivity contribution in [3.63, 3.8) is 0 Å². The van der Waals surface area contributed by atoms with Gasteiger partial charge in [0.15, 0.2) is 0 Å². The summed E-state index contributed by atoms with van der Waals surface area (Å²) in [6.07, 6.45) is 1.84. The summed E-state index contributed by atoms with van der Waals surface area (Å²) in [5.74, 6) is 0. The monoisotopic (exact) mass is 329 g/mol. The molecule has 0 radical (unpaired) electrons. The van der Waals surface area contributed by atoms with Gasteiger partial charge in [0.2, 0.25) is 0 Å². The number of aromatic nitrogens is 2. The fraction of sp³-hybridized carbons (Fsp3) is 0.389. The number of nitrogen functional groups attached to an aromatic ring is 1. The van der Waals surface area contributed by atoms with Gasteiger partial charge in [-0.1, -0.05) is 38.4 Å². The van der Waals surface area contributed by atoms with Crippen LogP contribution in [-0.2, 0) is 11.5 Å². The molecule has 0 unspecified atom stereocenters. The van der Waals surface area contributed by atoms with Crippen molar-refractivity contribution < 1.29 is 4.74 Å². The van der Waals surface area contributed by atoms with Crippen molar-refractivity contribution in [2.45, 2.75) is 39.3 Å². The molecule has 1 heterocycles. The summed E-state index contributed by atoms with van der Waals surface area (Å²) in [7, 11) is -1.07. The van der Waals surface area contributed by atoms with E-state index in [4.69, 9.17) is 10.5 Å². The molecule has 1 aromatic carbocycles. The van der Waals surface area contributed by atoms with E-state index in [1.54, 1.807) is 0 Å². The summed E-state index contributed by atoms with van der Waals surface area (Å²) in [6.45, 7) is 14.2. The number of benzene rings is 1. The molecule has 4 nitrogen and oxygen atoms in total. The Hall–Kier alpha value is -1.85. The Labute approximate surface area is 140 Å². The summed E-state index contributed by atoms with van der Waals surface area (Å²) in [6, 6.07) is 9.00. The van der Waals surface area contributed by atoms with E-state index in [1.807, 2.05) is 41.9 Å². The number of hydrogen-bond donors (Lipinski definition) is 1. The molecule has 0 bridgehead atoms. The zero-order valence-electron chi connectivity index (χ0n) is 14.6. The molecule has 0 aliphatic carbocycles. The third-order valence-corrected chi connectivity index (χ3v) is 5.47. The van der Waals surface area contributed by atoms with E-state index in [-0.39, 0.29) is 0 Å². The molecular formula is C18H27N3OSi. The minimum atomic E-state index is -1.07. The van der Waals surface area contributed by atoms with Crippen molar-refractivity contribution in [1.29, 1.82) is 0 Å². The molecule has 1 aromatic heterocycles. The fourth-order valence-electron chi connectivity index (χ4n) is 2.44. The molecule has 0 saturated carbocycles. The van der Waals surface area contributed by atoms with Crippen molar-refractivity contribution in [2.75, 3.05) is 12.3 Å². The first-order chi connectivity index (χ1) is 10.8. The number of ether oxygens (including phenoxy) is 1. The Morgan fingerprint density at radius 3 is 2.48 bits per heavy atom. The lowest BCUT2D eigenvalue weighted by molar-refractivity contribution is 0.0780. The maximum absolute atomic E-state index is 5.83. The average Bonchev–Trinajstić information content (AvgIpc) is 2.79. The van der Waals surface area contributed by atoms with Gasteiger partial charge in [0.25, 0.3) is 0 Å². The van der Waals surface area contributed by atoms with E-state index in [9.17, 15) is 0 Å². The highest BCUT2D eigenvalue weighted by atomic mass is 28.3. The minimum Gasteiger partial charge on any atom is -0.399 e. The maximum Gasteiger partial charge on any atom is 0.140 e. The zero-order chi connectivity index (χ0) is 17.0. The van der Waals surface area contributed by atoms with Crippen LogP contribution >= 0.6 is 0 Å². The summed E-state index contributed by atoms with van der Waals surface area (Å²) < 4.78 is 7.72. The molecule has 0 aliphatic rings. The second-order valence-electron chi connectivity index (χ2n) is 7.02. The Morgan fingerprint density at radius 1 is 1.26 bits per heavy atom. The summed E-state index contributed by atoms with van der Waals surface area (Å²) >= 11 is 0. The van der Waals surface area contributed by atoms with Gasteiger partial charge in [-0.2, -0.15) is 5.10 Å². The van der Waals surface area contributed by atoms with Gasteiger partial charge in [0, 0.05) is 25.9 Å². The van der Waals surface area contributed by atoms with Crippen LogP contribution in [0.25, 0.3) is 17.2 Å². The predicted octanol–water partition coefficient (Wildman–Crippen LogP) is 4.40. The predicted molar refractivity (Wildman–Crippen MR) is 101 cm³/mol. The van der Waals surface area contributed by atoms with Crippen LogP contribution in [0.5, 0.6) is 0 Å². The molecule has 0 saturated heterocycles. The highest BCUT2D eigenvalue weighted by molar-refractivity contribution is 6.76. The zero-order valence-corrected chi connectivity index (χ0v) is 15.6. The van der Waals surface area contributed by atoms with E-state index in [0.717, 1.165) is 40.9 Å². The quantitative estimate of drug-likeness (QED) is 0.465. The van der Waals surface area contributed by atoms with Crippen molar-refractivity contribution in [2.24, 2.45) is 0 Å². The molecule has 124 valence electrons.